The van der Waals surface area contributed by atoms with E-state index < -0.39 is 18.5 Å². The number of hydrogen-bond acceptors (Lipinski definition) is 2. The molecule has 0 N–H and O–H groups in total. The molecule has 0 aromatic heterocycles. The molecular formula is C15H26F5NS. The largest absolute Gasteiger partial charge is 0.453 e. The first-order chi connectivity index (χ1) is 9.95. The van der Waals surface area contributed by atoms with E-state index in [-0.39, 0.29) is 11.3 Å². The lowest BCUT2D eigenvalue weighted by Gasteiger charge is -2.37. The smallest absolute Gasteiger partial charge is 0.296 e. The van der Waals surface area contributed by atoms with Gasteiger partial charge < -0.3 is 0 Å². The van der Waals surface area contributed by atoms with Crippen molar-refractivity contribution in [3.63, 3.8) is 0 Å². The van der Waals surface area contributed by atoms with Gasteiger partial charge in [-0.05, 0) is 64.5 Å². The van der Waals surface area contributed by atoms with Crippen LogP contribution < -0.4 is 0 Å². The highest BCUT2D eigenvalue weighted by molar-refractivity contribution is 7.99. The molecule has 0 aromatic carbocycles. The third kappa shape index (κ3) is 5.87. The van der Waals surface area contributed by atoms with Crippen molar-refractivity contribution in [2.75, 3.05) is 18.1 Å². The molecule has 1 aliphatic heterocycles. The van der Waals surface area contributed by atoms with Crippen LogP contribution in [0.5, 0.6) is 0 Å². The van der Waals surface area contributed by atoms with Gasteiger partial charge in [-0.3, -0.25) is 4.90 Å². The lowest BCUT2D eigenvalue weighted by molar-refractivity contribution is -0.282. The van der Waals surface area contributed by atoms with Gasteiger partial charge in [-0.15, -0.1) is 0 Å². The van der Waals surface area contributed by atoms with Crippen LogP contribution in [0, 0.1) is 0 Å². The lowest BCUT2D eigenvalue weighted by Crippen LogP contribution is -2.44. The Morgan fingerprint density at radius 3 is 2.23 bits per heavy atom. The normalized spacial score (nSPS) is 21.5. The molecule has 1 aliphatic rings. The molecule has 1 atom stereocenters. The zero-order valence-electron chi connectivity index (χ0n) is 13.5. The maximum atomic E-state index is 12.7. The van der Waals surface area contributed by atoms with Gasteiger partial charge in [0.2, 0.25) is 0 Å². The van der Waals surface area contributed by atoms with E-state index in [9.17, 15) is 22.0 Å². The Kier molecular flexibility index (Phi) is 6.99. The maximum Gasteiger partial charge on any atom is 0.453 e. The van der Waals surface area contributed by atoms with E-state index in [1.807, 2.05) is 0 Å². The minimum Gasteiger partial charge on any atom is -0.296 e. The predicted molar refractivity (Wildman–Crippen MR) is 81.7 cm³/mol. The summed E-state index contributed by atoms with van der Waals surface area (Å²) in [5.74, 6) is -4.07. The van der Waals surface area contributed by atoms with Crippen molar-refractivity contribution in [1.82, 2.24) is 4.90 Å². The summed E-state index contributed by atoms with van der Waals surface area (Å²) in [4.78, 5) is 2.47. The van der Waals surface area contributed by atoms with Crippen molar-refractivity contribution >= 4 is 11.8 Å². The fourth-order valence-corrected chi connectivity index (χ4v) is 3.86. The van der Waals surface area contributed by atoms with E-state index in [0.29, 0.717) is 11.8 Å². The average molecular weight is 347 g/mol. The van der Waals surface area contributed by atoms with Crippen LogP contribution in [-0.4, -0.2) is 46.6 Å². The quantitative estimate of drug-likeness (QED) is 0.451. The summed E-state index contributed by atoms with van der Waals surface area (Å²) in [5.41, 5.74) is 0.128. The molecule has 1 heterocycles. The van der Waals surface area contributed by atoms with Gasteiger partial charge in [-0.25, -0.2) is 0 Å². The second-order valence-electron chi connectivity index (χ2n) is 6.87. The van der Waals surface area contributed by atoms with Crippen LogP contribution in [0.1, 0.15) is 52.9 Å². The Labute approximate surface area is 134 Å². The number of likely N-dealkylation sites (tertiary alicyclic amines) is 1. The van der Waals surface area contributed by atoms with Crippen LogP contribution in [0.4, 0.5) is 22.0 Å². The van der Waals surface area contributed by atoms with Gasteiger partial charge in [0.1, 0.15) is 0 Å². The summed E-state index contributed by atoms with van der Waals surface area (Å²) in [7, 11) is 0. The van der Waals surface area contributed by atoms with E-state index in [2.05, 4.69) is 25.7 Å². The molecular weight excluding hydrogens is 321 g/mol. The molecule has 0 aliphatic carbocycles. The molecule has 132 valence electrons. The van der Waals surface area contributed by atoms with Gasteiger partial charge in [-0.1, -0.05) is 0 Å². The summed E-state index contributed by atoms with van der Waals surface area (Å²) in [6.07, 6.45) is -2.39. The number of rotatable bonds is 7. The molecule has 0 radical (unpaired) electrons. The Hall–Kier alpha value is -0.0400. The molecule has 1 saturated heterocycles. The van der Waals surface area contributed by atoms with Crippen LogP contribution in [0.2, 0.25) is 0 Å². The van der Waals surface area contributed by atoms with Gasteiger partial charge in [0, 0.05) is 18.0 Å². The van der Waals surface area contributed by atoms with Gasteiger partial charge in [-0.2, -0.15) is 33.7 Å². The topological polar surface area (TPSA) is 3.24 Å². The number of thioether (sulfide) groups is 1. The average Bonchev–Trinajstić information content (AvgIpc) is 2.80. The predicted octanol–water partition coefficient (Wildman–Crippen LogP) is 5.35. The molecule has 22 heavy (non-hydrogen) atoms. The van der Waals surface area contributed by atoms with Gasteiger partial charge in [0.15, 0.2) is 0 Å². The highest BCUT2D eigenvalue weighted by Gasteiger charge is 2.56. The fourth-order valence-electron chi connectivity index (χ4n) is 2.88. The SMILES string of the molecule is CC(C)(C)N1CCC[C@@H]1CCCSCCC(F)(F)C(F)(F)F. The number of halogens is 5. The van der Waals surface area contributed by atoms with Crippen molar-refractivity contribution in [2.24, 2.45) is 0 Å². The van der Waals surface area contributed by atoms with Crippen LogP contribution in [0.25, 0.3) is 0 Å². The molecule has 0 bridgehead atoms. The summed E-state index contributed by atoms with van der Waals surface area (Å²) >= 11 is 1.19. The van der Waals surface area contributed by atoms with E-state index in [0.717, 1.165) is 25.8 Å². The zero-order chi connectivity index (χ0) is 17.0. The number of alkyl halides is 5. The van der Waals surface area contributed by atoms with E-state index in [1.54, 1.807) is 0 Å². The Bertz CT molecular complexity index is 338. The van der Waals surface area contributed by atoms with Crippen LogP contribution in [-0.2, 0) is 0 Å². The molecule has 1 rings (SSSR count). The van der Waals surface area contributed by atoms with E-state index >= 15 is 0 Å². The maximum absolute atomic E-state index is 12.7. The molecule has 0 amide bonds. The minimum atomic E-state index is -5.43. The lowest BCUT2D eigenvalue weighted by atomic mass is 10.0. The molecule has 0 unspecified atom stereocenters. The summed E-state index contributed by atoms with van der Waals surface area (Å²) in [5, 5.41) is 0. The molecule has 0 saturated carbocycles. The highest BCUT2D eigenvalue weighted by atomic mass is 32.2. The minimum absolute atomic E-state index is 0.128. The summed E-state index contributed by atoms with van der Waals surface area (Å²) < 4.78 is 61.5. The number of nitrogens with zero attached hydrogens (tertiary/aromatic N) is 1. The third-order valence-corrected chi connectivity index (χ3v) is 5.11. The Morgan fingerprint density at radius 1 is 1.05 bits per heavy atom. The standard InChI is InChI=1S/C15H26F5NS/c1-13(2,3)21-9-4-6-12(21)7-5-10-22-11-8-14(16,17)15(18,19)20/h12H,4-11H2,1-3H3/t12-/m1/s1. The Morgan fingerprint density at radius 2 is 1.68 bits per heavy atom. The van der Waals surface area contributed by atoms with Crippen molar-refractivity contribution < 1.29 is 22.0 Å². The monoisotopic (exact) mass is 347 g/mol. The molecule has 7 heteroatoms. The Balaban J connectivity index is 2.19. The van der Waals surface area contributed by atoms with Crippen LogP contribution >= 0.6 is 11.8 Å². The molecule has 0 aromatic rings. The molecule has 1 nitrogen and oxygen atoms in total. The van der Waals surface area contributed by atoms with Crippen molar-refractivity contribution in [2.45, 2.75) is 76.6 Å². The first-order valence-electron chi connectivity index (χ1n) is 7.74. The van der Waals surface area contributed by atoms with Crippen molar-refractivity contribution in [3.05, 3.63) is 0 Å². The van der Waals surface area contributed by atoms with Gasteiger partial charge in [0.05, 0.1) is 0 Å². The highest BCUT2D eigenvalue weighted by Crippen LogP contribution is 2.38. The van der Waals surface area contributed by atoms with Crippen LogP contribution in [0.15, 0.2) is 0 Å². The zero-order valence-corrected chi connectivity index (χ0v) is 14.3. The fraction of sp³-hybridized carbons (Fsp3) is 1.00. The molecule has 0 spiro atoms. The van der Waals surface area contributed by atoms with Crippen molar-refractivity contribution in [3.8, 4) is 0 Å². The summed E-state index contributed by atoms with van der Waals surface area (Å²) in [6, 6.07) is 0.511. The molecule has 1 fully saturated rings. The first-order valence-corrected chi connectivity index (χ1v) is 8.90. The second-order valence-corrected chi connectivity index (χ2v) is 8.09. The summed E-state index contributed by atoms with van der Waals surface area (Å²) in [6.45, 7) is 7.62. The first kappa shape index (κ1) is 20.0. The van der Waals surface area contributed by atoms with E-state index in [4.69, 9.17) is 0 Å². The number of hydrogen-bond donors (Lipinski definition) is 0. The van der Waals surface area contributed by atoms with Crippen molar-refractivity contribution in [1.29, 1.82) is 0 Å². The van der Waals surface area contributed by atoms with Gasteiger partial charge in [0.25, 0.3) is 0 Å². The second kappa shape index (κ2) is 7.69. The third-order valence-electron chi connectivity index (χ3n) is 4.04. The van der Waals surface area contributed by atoms with Crippen LogP contribution in [0.3, 0.4) is 0 Å². The van der Waals surface area contributed by atoms with Gasteiger partial charge >= 0.3 is 12.1 Å². The van der Waals surface area contributed by atoms with E-state index in [1.165, 1.54) is 18.2 Å².